The number of hydrogen-bond acceptors (Lipinski definition) is 2. The minimum Gasteiger partial charge on any atom is -0.481 e. The van der Waals surface area contributed by atoms with Crippen LogP contribution in [0.25, 0.3) is 0 Å². The van der Waals surface area contributed by atoms with Gasteiger partial charge in [-0.05, 0) is 6.72 Å². The van der Waals surface area contributed by atoms with E-state index in [1.807, 2.05) is 0 Å². The molecule has 0 amide bonds. The summed E-state index contributed by atoms with van der Waals surface area (Å²) < 4.78 is 0. The average Bonchev–Trinajstić information content (AvgIpc) is 1.83. The number of hydrogen-bond donors (Lipinski definition) is 2. The van der Waals surface area contributed by atoms with E-state index in [1.165, 1.54) is 0 Å². The number of aliphatic imine (C=N–C) groups is 1. The molecule has 0 aliphatic rings. The Kier molecular flexibility index (Phi) is 3.27. The van der Waals surface area contributed by atoms with Crippen molar-refractivity contribution in [2.24, 2.45) is 4.99 Å². The summed E-state index contributed by atoms with van der Waals surface area (Å²) in [5.41, 5.74) is 0. The number of amidine groups is 1. The molecule has 0 rings (SSSR count). The quantitative estimate of drug-likeness (QED) is 0.429. The fourth-order valence-corrected chi connectivity index (χ4v) is 0.304. The molecule has 0 aromatic rings. The Bertz CT molecular complexity index is 142. The van der Waals surface area contributed by atoms with Crippen LogP contribution in [0.4, 0.5) is 0 Å². The van der Waals surface area contributed by atoms with Gasteiger partial charge in [-0.25, -0.2) is 4.99 Å². The lowest BCUT2D eigenvalue weighted by Gasteiger charge is -1.90. The molecule has 0 aliphatic carbocycles. The number of nitrogens with one attached hydrogen (secondary N) is 1. The van der Waals surface area contributed by atoms with Crippen LogP contribution in [-0.4, -0.2) is 23.6 Å². The van der Waals surface area contributed by atoms with Crippen LogP contribution in [0.2, 0.25) is 0 Å². The Balaban J connectivity index is 3.39. The van der Waals surface area contributed by atoms with Crippen molar-refractivity contribution >= 4 is 18.5 Å². The van der Waals surface area contributed by atoms with Gasteiger partial charge in [0.25, 0.3) is 0 Å². The Labute approximate surface area is 52.7 Å². The number of carboxylic acids is 1. The molecular weight excluding hydrogens is 120 g/mol. The van der Waals surface area contributed by atoms with Gasteiger partial charge in [-0.3, -0.25) is 10.2 Å². The normalized spacial score (nSPS) is 8.44. The maximum Gasteiger partial charge on any atom is 0.303 e. The first kappa shape index (κ1) is 7.81. The van der Waals surface area contributed by atoms with E-state index in [4.69, 9.17) is 10.5 Å². The Morgan fingerprint density at radius 3 is 2.56 bits per heavy atom. The van der Waals surface area contributed by atoms with E-state index in [0.29, 0.717) is 0 Å². The van der Waals surface area contributed by atoms with Crippen LogP contribution in [-0.2, 0) is 4.79 Å². The SMILES string of the molecule is C=NC(=N)CCC(=O)O. The molecule has 0 spiro atoms. The van der Waals surface area contributed by atoms with E-state index in [0.717, 1.165) is 0 Å². The molecule has 0 heterocycles. The van der Waals surface area contributed by atoms with Crippen molar-refractivity contribution < 1.29 is 9.90 Å². The van der Waals surface area contributed by atoms with Crippen molar-refractivity contribution in [3.63, 3.8) is 0 Å². The smallest absolute Gasteiger partial charge is 0.303 e. The van der Waals surface area contributed by atoms with Gasteiger partial charge in [-0.2, -0.15) is 0 Å². The zero-order valence-corrected chi connectivity index (χ0v) is 4.92. The van der Waals surface area contributed by atoms with Crippen molar-refractivity contribution in [1.29, 1.82) is 5.41 Å². The molecule has 0 aliphatic heterocycles. The third kappa shape index (κ3) is 4.67. The predicted octanol–water partition coefficient (Wildman–Crippen LogP) is 0.529. The molecule has 4 nitrogen and oxygen atoms in total. The molecule has 0 saturated heterocycles. The summed E-state index contributed by atoms with van der Waals surface area (Å²) in [6.07, 6.45) is 0.122. The van der Waals surface area contributed by atoms with Gasteiger partial charge in [0.2, 0.25) is 0 Å². The molecule has 0 fully saturated rings. The zero-order valence-electron chi connectivity index (χ0n) is 4.92. The maximum atomic E-state index is 9.86. The summed E-state index contributed by atoms with van der Waals surface area (Å²) >= 11 is 0. The topological polar surface area (TPSA) is 73.5 Å². The number of nitrogens with zero attached hydrogens (tertiary/aromatic N) is 1. The molecule has 0 unspecified atom stereocenters. The van der Waals surface area contributed by atoms with Crippen molar-refractivity contribution in [3.05, 3.63) is 0 Å². The Hall–Kier alpha value is -1.19. The van der Waals surface area contributed by atoms with Crippen LogP contribution in [0.15, 0.2) is 4.99 Å². The minimum atomic E-state index is -0.914. The van der Waals surface area contributed by atoms with E-state index >= 15 is 0 Å². The molecule has 2 N–H and O–H groups in total. The summed E-state index contributed by atoms with van der Waals surface area (Å²) in [5, 5.41) is 14.9. The van der Waals surface area contributed by atoms with Crippen molar-refractivity contribution in [1.82, 2.24) is 0 Å². The first-order valence-electron chi connectivity index (χ1n) is 2.42. The first-order valence-corrected chi connectivity index (χ1v) is 2.42. The van der Waals surface area contributed by atoms with E-state index < -0.39 is 5.97 Å². The number of carboxylic acid groups (broad SMARTS) is 1. The summed E-state index contributed by atoms with van der Waals surface area (Å²) in [4.78, 5) is 13.1. The predicted molar refractivity (Wildman–Crippen MR) is 34.1 cm³/mol. The molecule has 0 atom stereocenters. The van der Waals surface area contributed by atoms with Gasteiger partial charge >= 0.3 is 5.97 Å². The molecule has 0 bridgehead atoms. The fraction of sp³-hybridized carbons (Fsp3) is 0.400. The maximum absolute atomic E-state index is 9.86. The van der Waals surface area contributed by atoms with Crippen LogP contribution >= 0.6 is 0 Å². The van der Waals surface area contributed by atoms with Gasteiger partial charge in [-0.1, -0.05) is 0 Å². The molecular formula is C5H8N2O2. The van der Waals surface area contributed by atoms with Gasteiger partial charge in [0.05, 0.1) is 6.42 Å². The molecule has 0 aromatic carbocycles. The lowest BCUT2D eigenvalue weighted by atomic mass is 10.3. The first-order chi connectivity index (χ1) is 4.16. The van der Waals surface area contributed by atoms with Crippen molar-refractivity contribution in [2.45, 2.75) is 12.8 Å². The van der Waals surface area contributed by atoms with Gasteiger partial charge in [0, 0.05) is 6.42 Å². The second kappa shape index (κ2) is 3.77. The van der Waals surface area contributed by atoms with E-state index in [-0.39, 0.29) is 18.7 Å². The number of carbonyl (C=O) groups is 1. The molecule has 0 aromatic heterocycles. The van der Waals surface area contributed by atoms with Crippen LogP contribution in [0.1, 0.15) is 12.8 Å². The lowest BCUT2D eigenvalue weighted by molar-refractivity contribution is -0.136. The van der Waals surface area contributed by atoms with Crippen LogP contribution < -0.4 is 0 Å². The Morgan fingerprint density at radius 1 is 1.67 bits per heavy atom. The second-order valence-corrected chi connectivity index (χ2v) is 1.50. The number of aliphatic carboxylic acids is 1. The highest BCUT2D eigenvalue weighted by Crippen LogP contribution is 1.90. The third-order valence-electron chi connectivity index (χ3n) is 0.767. The van der Waals surface area contributed by atoms with E-state index in [2.05, 4.69) is 11.7 Å². The van der Waals surface area contributed by atoms with Gasteiger partial charge in [0.1, 0.15) is 5.84 Å². The number of rotatable bonds is 3. The summed E-state index contributed by atoms with van der Waals surface area (Å²) in [7, 11) is 0. The monoisotopic (exact) mass is 128 g/mol. The largest absolute Gasteiger partial charge is 0.481 e. The van der Waals surface area contributed by atoms with Crippen LogP contribution in [0, 0.1) is 5.41 Å². The molecule has 0 saturated carbocycles. The van der Waals surface area contributed by atoms with E-state index in [1.54, 1.807) is 0 Å². The summed E-state index contributed by atoms with van der Waals surface area (Å²) in [5.74, 6) is -0.888. The molecule has 0 radical (unpaired) electrons. The highest BCUT2D eigenvalue weighted by atomic mass is 16.4. The van der Waals surface area contributed by atoms with Gasteiger partial charge < -0.3 is 5.11 Å². The standard InChI is InChI=1S/C5H8N2O2/c1-7-4(6)2-3-5(8)9/h6H,1-3H2,(H,8,9). The lowest BCUT2D eigenvalue weighted by Crippen LogP contribution is -1.98. The Morgan fingerprint density at radius 2 is 2.22 bits per heavy atom. The average molecular weight is 128 g/mol. The van der Waals surface area contributed by atoms with Crippen molar-refractivity contribution in [2.75, 3.05) is 0 Å². The fourth-order valence-electron chi connectivity index (χ4n) is 0.304. The van der Waals surface area contributed by atoms with Gasteiger partial charge in [-0.15, -0.1) is 0 Å². The van der Waals surface area contributed by atoms with Crippen molar-refractivity contribution in [3.8, 4) is 0 Å². The minimum absolute atomic E-state index is 0.0254. The third-order valence-corrected chi connectivity index (χ3v) is 0.767. The summed E-state index contributed by atoms with van der Waals surface area (Å²) in [6, 6.07) is 0. The van der Waals surface area contributed by atoms with Crippen LogP contribution in [0.3, 0.4) is 0 Å². The van der Waals surface area contributed by atoms with Crippen LogP contribution in [0.5, 0.6) is 0 Å². The second-order valence-electron chi connectivity index (χ2n) is 1.50. The van der Waals surface area contributed by atoms with E-state index in [9.17, 15) is 4.79 Å². The highest BCUT2D eigenvalue weighted by Gasteiger charge is 1.97. The summed E-state index contributed by atoms with van der Waals surface area (Å²) in [6.45, 7) is 3.07. The molecule has 4 heteroatoms. The zero-order chi connectivity index (χ0) is 7.28. The van der Waals surface area contributed by atoms with Gasteiger partial charge in [0.15, 0.2) is 0 Å². The molecule has 9 heavy (non-hydrogen) atoms. The molecule has 50 valence electrons. The highest BCUT2D eigenvalue weighted by molar-refractivity contribution is 5.85.